The Labute approximate surface area is 61.9 Å². The SMILES string of the molecule is CCc1c[c]ccc1CN. The Morgan fingerprint density at radius 3 is 2.80 bits per heavy atom. The summed E-state index contributed by atoms with van der Waals surface area (Å²) < 4.78 is 0. The quantitative estimate of drug-likeness (QED) is 0.651. The highest BCUT2D eigenvalue weighted by Gasteiger charge is 1.94. The van der Waals surface area contributed by atoms with Gasteiger partial charge in [-0.3, -0.25) is 0 Å². The van der Waals surface area contributed by atoms with Crippen molar-refractivity contribution < 1.29 is 0 Å². The van der Waals surface area contributed by atoms with Gasteiger partial charge in [0, 0.05) is 6.54 Å². The molecule has 0 aliphatic rings. The van der Waals surface area contributed by atoms with Crippen molar-refractivity contribution in [2.24, 2.45) is 5.73 Å². The van der Waals surface area contributed by atoms with Crippen LogP contribution >= 0.6 is 0 Å². The van der Waals surface area contributed by atoms with Gasteiger partial charge in [0.2, 0.25) is 0 Å². The van der Waals surface area contributed by atoms with E-state index in [1.807, 2.05) is 18.2 Å². The second kappa shape index (κ2) is 3.37. The first-order valence-electron chi connectivity index (χ1n) is 3.56. The third-order valence-corrected chi connectivity index (χ3v) is 1.65. The molecule has 0 saturated heterocycles. The molecule has 0 aliphatic heterocycles. The lowest BCUT2D eigenvalue weighted by molar-refractivity contribution is 1.00. The smallest absolute Gasteiger partial charge is 0.0180 e. The molecule has 53 valence electrons. The summed E-state index contributed by atoms with van der Waals surface area (Å²) in [4.78, 5) is 0. The Bertz CT molecular complexity index is 183. The van der Waals surface area contributed by atoms with E-state index >= 15 is 0 Å². The fourth-order valence-corrected chi connectivity index (χ4v) is 1.03. The summed E-state index contributed by atoms with van der Waals surface area (Å²) in [7, 11) is 0. The summed E-state index contributed by atoms with van der Waals surface area (Å²) in [6.07, 6.45) is 1.05. The average Bonchev–Trinajstić information content (AvgIpc) is 2.04. The van der Waals surface area contributed by atoms with Crippen molar-refractivity contribution in [3.8, 4) is 0 Å². The van der Waals surface area contributed by atoms with Gasteiger partial charge in [-0.15, -0.1) is 0 Å². The van der Waals surface area contributed by atoms with Crippen LogP contribution in [0.5, 0.6) is 0 Å². The highest BCUT2D eigenvalue weighted by atomic mass is 14.5. The lowest BCUT2D eigenvalue weighted by Crippen LogP contribution is -1.99. The molecule has 1 rings (SSSR count). The van der Waals surface area contributed by atoms with Gasteiger partial charge in [-0.2, -0.15) is 0 Å². The minimum absolute atomic E-state index is 0.637. The Balaban J connectivity index is 2.96. The van der Waals surface area contributed by atoms with Crippen LogP contribution < -0.4 is 5.73 Å². The fraction of sp³-hybridized carbons (Fsp3) is 0.333. The largest absolute Gasteiger partial charge is 0.326 e. The zero-order valence-corrected chi connectivity index (χ0v) is 6.22. The van der Waals surface area contributed by atoms with Crippen molar-refractivity contribution in [3.05, 3.63) is 35.4 Å². The first-order valence-corrected chi connectivity index (χ1v) is 3.56. The van der Waals surface area contributed by atoms with Gasteiger partial charge in [-0.1, -0.05) is 25.1 Å². The lowest BCUT2D eigenvalue weighted by atomic mass is 10.1. The van der Waals surface area contributed by atoms with Crippen LogP contribution in [0.15, 0.2) is 18.2 Å². The van der Waals surface area contributed by atoms with Crippen molar-refractivity contribution in [1.82, 2.24) is 0 Å². The summed E-state index contributed by atoms with van der Waals surface area (Å²) in [5.74, 6) is 0. The number of rotatable bonds is 2. The standard InChI is InChI=1S/C9H12N/c1-2-8-5-3-4-6-9(8)7-10/h4-6H,2,7,10H2,1H3. The maximum Gasteiger partial charge on any atom is 0.0180 e. The molecule has 1 aromatic carbocycles. The molecule has 0 fully saturated rings. The summed E-state index contributed by atoms with van der Waals surface area (Å²) in [6, 6.07) is 8.96. The molecular formula is C9H12N. The topological polar surface area (TPSA) is 26.0 Å². The number of benzene rings is 1. The van der Waals surface area contributed by atoms with Crippen LogP contribution in [0.2, 0.25) is 0 Å². The molecule has 0 aromatic heterocycles. The van der Waals surface area contributed by atoms with Crippen molar-refractivity contribution in [2.45, 2.75) is 19.9 Å². The van der Waals surface area contributed by atoms with Crippen LogP contribution in [0.1, 0.15) is 18.1 Å². The Morgan fingerprint density at radius 1 is 1.50 bits per heavy atom. The van der Waals surface area contributed by atoms with Gasteiger partial charge in [0.15, 0.2) is 0 Å². The number of hydrogen-bond donors (Lipinski definition) is 1. The number of nitrogens with two attached hydrogens (primary N) is 1. The van der Waals surface area contributed by atoms with Crippen LogP contribution in [-0.2, 0) is 13.0 Å². The molecular weight excluding hydrogens is 122 g/mol. The summed E-state index contributed by atoms with van der Waals surface area (Å²) in [6.45, 7) is 2.76. The summed E-state index contributed by atoms with van der Waals surface area (Å²) in [5.41, 5.74) is 8.06. The minimum Gasteiger partial charge on any atom is -0.326 e. The highest BCUT2D eigenvalue weighted by Crippen LogP contribution is 2.06. The molecule has 0 atom stereocenters. The number of hydrogen-bond acceptors (Lipinski definition) is 1. The van der Waals surface area contributed by atoms with Gasteiger partial charge in [0.25, 0.3) is 0 Å². The molecule has 1 radical (unpaired) electrons. The van der Waals surface area contributed by atoms with Gasteiger partial charge in [-0.05, 0) is 23.6 Å². The van der Waals surface area contributed by atoms with Crippen LogP contribution in [-0.4, -0.2) is 0 Å². The average molecular weight is 134 g/mol. The predicted octanol–water partition coefficient (Wildman–Crippen LogP) is 1.51. The Hall–Kier alpha value is -0.820. The molecule has 0 heterocycles. The molecule has 1 aromatic rings. The highest BCUT2D eigenvalue weighted by molar-refractivity contribution is 5.25. The van der Waals surface area contributed by atoms with E-state index < -0.39 is 0 Å². The predicted molar refractivity (Wildman–Crippen MR) is 42.5 cm³/mol. The Morgan fingerprint density at radius 2 is 2.30 bits per heavy atom. The van der Waals surface area contributed by atoms with Crippen LogP contribution in [0.4, 0.5) is 0 Å². The molecule has 10 heavy (non-hydrogen) atoms. The zero-order chi connectivity index (χ0) is 7.40. The second-order valence-corrected chi connectivity index (χ2v) is 2.25. The van der Waals surface area contributed by atoms with E-state index in [4.69, 9.17) is 5.73 Å². The van der Waals surface area contributed by atoms with Crippen molar-refractivity contribution in [3.63, 3.8) is 0 Å². The van der Waals surface area contributed by atoms with Crippen LogP contribution in [0.25, 0.3) is 0 Å². The lowest BCUT2D eigenvalue weighted by Gasteiger charge is -2.02. The molecule has 0 aliphatic carbocycles. The van der Waals surface area contributed by atoms with Crippen LogP contribution in [0, 0.1) is 6.07 Å². The van der Waals surface area contributed by atoms with Gasteiger partial charge >= 0.3 is 0 Å². The van der Waals surface area contributed by atoms with E-state index in [-0.39, 0.29) is 0 Å². The molecule has 1 heteroatoms. The van der Waals surface area contributed by atoms with Gasteiger partial charge in [0.1, 0.15) is 0 Å². The van der Waals surface area contributed by atoms with E-state index in [0.717, 1.165) is 6.42 Å². The van der Waals surface area contributed by atoms with Crippen LogP contribution in [0.3, 0.4) is 0 Å². The molecule has 0 unspecified atom stereocenters. The molecule has 0 bridgehead atoms. The van der Waals surface area contributed by atoms with E-state index in [0.29, 0.717) is 6.54 Å². The number of aryl methyl sites for hydroxylation is 1. The molecule has 1 nitrogen and oxygen atoms in total. The van der Waals surface area contributed by atoms with E-state index in [9.17, 15) is 0 Å². The molecule has 2 N–H and O–H groups in total. The Kier molecular flexibility index (Phi) is 2.46. The third kappa shape index (κ3) is 1.36. The summed E-state index contributed by atoms with van der Waals surface area (Å²) >= 11 is 0. The van der Waals surface area contributed by atoms with Crippen molar-refractivity contribution in [1.29, 1.82) is 0 Å². The zero-order valence-electron chi connectivity index (χ0n) is 6.22. The normalized spacial score (nSPS) is 9.80. The second-order valence-electron chi connectivity index (χ2n) is 2.25. The molecule has 0 saturated carbocycles. The fourth-order valence-electron chi connectivity index (χ4n) is 1.03. The van der Waals surface area contributed by atoms with E-state index in [1.165, 1.54) is 11.1 Å². The summed E-state index contributed by atoms with van der Waals surface area (Å²) in [5, 5.41) is 0. The van der Waals surface area contributed by atoms with E-state index in [2.05, 4.69) is 13.0 Å². The van der Waals surface area contributed by atoms with Gasteiger partial charge in [0.05, 0.1) is 0 Å². The first-order chi connectivity index (χ1) is 4.88. The third-order valence-electron chi connectivity index (χ3n) is 1.65. The van der Waals surface area contributed by atoms with Crippen molar-refractivity contribution >= 4 is 0 Å². The maximum absolute atomic E-state index is 5.51. The van der Waals surface area contributed by atoms with Crippen molar-refractivity contribution in [2.75, 3.05) is 0 Å². The minimum atomic E-state index is 0.637. The molecule has 0 amide bonds. The maximum atomic E-state index is 5.51. The van der Waals surface area contributed by atoms with Gasteiger partial charge < -0.3 is 5.73 Å². The molecule has 0 spiro atoms. The van der Waals surface area contributed by atoms with E-state index in [1.54, 1.807) is 0 Å². The monoisotopic (exact) mass is 134 g/mol. The first kappa shape index (κ1) is 7.29. The van der Waals surface area contributed by atoms with Gasteiger partial charge in [-0.25, -0.2) is 0 Å².